The lowest BCUT2D eigenvalue weighted by Gasteiger charge is -2.36. The van der Waals surface area contributed by atoms with E-state index in [-0.39, 0.29) is 11.9 Å². The van der Waals surface area contributed by atoms with Crippen LogP contribution in [0.3, 0.4) is 0 Å². The predicted octanol–water partition coefficient (Wildman–Crippen LogP) is 3.26. The number of nitrogens with zero attached hydrogens (tertiary/aromatic N) is 1. The van der Waals surface area contributed by atoms with E-state index in [9.17, 15) is 4.39 Å². The van der Waals surface area contributed by atoms with Gasteiger partial charge in [0.2, 0.25) is 0 Å². The molecule has 2 nitrogen and oxygen atoms in total. The van der Waals surface area contributed by atoms with E-state index >= 15 is 0 Å². The van der Waals surface area contributed by atoms with Gasteiger partial charge in [-0.3, -0.25) is 4.90 Å². The van der Waals surface area contributed by atoms with Crippen LogP contribution in [0.15, 0.2) is 18.2 Å². The summed E-state index contributed by atoms with van der Waals surface area (Å²) in [5.74, 6) is 0.692. The van der Waals surface area contributed by atoms with Crippen LogP contribution < -0.4 is 5.73 Å². The van der Waals surface area contributed by atoms with Gasteiger partial charge in [-0.2, -0.15) is 0 Å². The van der Waals surface area contributed by atoms with Gasteiger partial charge in [0.15, 0.2) is 0 Å². The second-order valence-electron chi connectivity index (χ2n) is 5.64. The minimum Gasteiger partial charge on any atom is -0.329 e. The molecule has 0 bridgehead atoms. The molecule has 0 aliphatic heterocycles. The van der Waals surface area contributed by atoms with Crippen molar-refractivity contribution in [3.05, 3.63) is 35.1 Å². The third kappa shape index (κ3) is 3.34. The van der Waals surface area contributed by atoms with Crippen molar-refractivity contribution in [1.82, 2.24) is 4.90 Å². The Morgan fingerprint density at radius 1 is 1.42 bits per heavy atom. The minimum atomic E-state index is -0.137. The molecule has 2 rings (SSSR count). The van der Waals surface area contributed by atoms with Crippen molar-refractivity contribution in [2.75, 3.05) is 19.6 Å². The molecular weight excluding hydrogens is 239 g/mol. The summed E-state index contributed by atoms with van der Waals surface area (Å²) in [6, 6.07) is 5.59. The number of likely N-dealkylation sites (N-methyl/N-ethyl adjacent to an activating group) is 1. The first-order chi connectivity index (χ1) is 9.15. The van der Waals surface area contributed by atoms with Crippen molar-refractivity contribution < 1.29 is 4.39 Å². The van der Waals surface area contributed by atoms with E-state index in [1.54, 1.807) is 6.07 Å². The van der Waals surface area contributed by atoms with Gasteiger partial charge in [-0.05, 0) is 49.4 Å². The Bertz CT molecular complexity index is 415. The zero-order valence-corrected chi connectivity index (χ0v) is 12.0. The van der Waals surface area contributed by atoms with E-state index < -0.39 is 0 Å². The summed E-state index contributed by atoms with van der Waals surface area (Å²) in [5, 5.41) is 0. The zero-order valence-electron chi connectivity index (χ0n) is 12.0. The van der Waals surface area contributed by atoms with Crippen molar-refractivity contribution in [2.24, 2.45) is 11.7 Å². The fraction of sp³-hybridized carbons (Fsp3) is 0.625. The number of rotatable bonds is 6. The lowest BCUT2D eigenvalue weighted by molar-refractivity contribution is 0.141. The Hall–Kier alpha value is -0.930. The van der Waals surface area contributed by atoms with Gasteiger partial charge in [-0.25, -0.2) is 4.39 Å². The second-order valence-corrected chi connectivity index (χ2v) is 5.64. The van der Waals surface area contributed by atoms with Crippen LogP contribution in [-0.2, 0) is 0 Å². The van der Waals surface area contributed by atoms with Gasteiger partial charge in [-0.15, -0.1) is 0 Å². The zero-order chi connectivity index (χ0) is 13.8. The van der Waals surface area contributed by atoms with Crippen molar-refractivity contribution in [2.45, 2.75) is 39.2 Å². The molecule has 0 heterocycles. The van der Waals surface area contributed by atoms with Crippen molar-refractivity contribution in [3.63, 3.8) is 0 Å². The maximum Gasteiger partial charge on any atom is 0.126 e. The summed E-state index contributed by atoms with van der Waals surface area (Å²) in [6.45, 7) is 6.70. The fourth-order valence-corrected chi connectivity index (χ4v) is 2.85. The van der Waals surface area contributed by atoms with Crippen LogP contribution in [0.4, 0.5) is 4.39 Å². The number of benzene rings is 1. The molecule has 106 valence electrons. The first-order valence-electron chi connectivity index (χ1n) is 7.35. The maximum atomic E-state index is 13.4. The number of hydrogen-bond acceptors (Lipinski definition) is 2. The second kappa shape index (κ2) is 6.49. The van der Waals surface area contributed by atoms with Crippen molar-refractivity contribution in [3.8, 4) is 0 Å². The van der Waals surface area contributed by atoms with Crippen molar-refractivity contribution >= 4 is 0 Å². The molecule has 1 aromatic rings. The van der Waals surface area contributed by atoms with Gasteiger partial charge in [0.25, 0.3) is 0 Å². The standard InChI is InChI=1S/C16H25FN2/c1-3-19(11-13-5-4-6-13)16(10-18)14-7-8-15(17)12(2)9-14/h7-9,13,16H,3-6,10-11,18H2,1-2H3. The van der Waals surface area contributed by atoms with E-state index in [2.05, 4.69) is 11.8 Å². The van der Waals surface area contributed by atoms with Gasteiger partial charge in [0.05, 0.1) is 0 Å². The maximum absolute atomic E-state index is 13.4. The summed E-state index contributed by atoms with van der Waals surface area (Å²) >= 11 is 0. The highest BCUT2D eigenvalue weighted by Gasteiger charge is 2.25. The molecule has 0 radical (unpaired) electrons. The largest absolute Gasteiger partial charge is 0.329 e. The van der Waals surface area contributed by atoms with Crippen LogP contribution in [0.2, 0.25) is 0 Å². The minimum absolute atomic E-state index is 0.137. The van der Waals surface area contributed by atoms with E-state index in [1.807, 2.05) is 19.1 Å². The third-order valence-corrected chi connectivity index (χ3v) is 4.35. The molecule has 0 saturated heterocycles. The molecular formula is C16H25FN2. The summed E-state index contributed by atoms with van der Waals surface area (Å²) in [7, 11) is 0. The average Bonchev–Trinajstić information content (AvgIpc) is 2.36. The van der Waals surface area contributed by atoms with Crippen LogP contribution in [0, 0.1) is 18.7 Å². The van der Waals surface area contributed by atoms with Gasteiger partial charge in [0, 0.05) is 19.1 Å². The number of aryl methyl sites for hydroxylation is 1. The highest BCUT2D eigenvalue weighted by Crippen LogP contribution is 2.30. The number of nitrogens with two attached hydrogens (primary N) is 1. The first kappa shape index (κ1) is 14.5. The molecule has 3 heteroatoms. The van der Waals surface area contributed by atoms with Crippen LogP contribution in [-0.4, -0.2) is 24.5 Å². The predicted molar refractivity (Wildman–Crippen MR) is 77.5 cm³/mol. The Morgan fingerprint density at radius 3 is 2.63 bits per heavy atom. The van der Waals surface area contributed by atoms with E-state index in [0.717, 1.165) is 24.6 Å². The first-order valence-corrected chi connectivity index (χ1v) is 7.35. The molecule has 1 aliphatic carbocycles. The van der Waals surface area contributed by atoms with E-state index in [1.165, 1.54) is 19.3 Å². The molecule has 1 atom stereocenters. The summed E-state index contributed by atoms with van der Waals surface area (Å²) < 4.78 is 13.4. The SMILES string of the molecule is CCN(CC1CCC1)C(CN)c1ccc(F)c(C)c1. The molecule has 1 aliphatic rings. The van der Waals surface area contributed by atoms with Gasteiger partial charge in [0.1, 0.15) is 5.82 Å². The Kier molecular flexibility index (Phi) is 4.94. The lowest BCUT2D eigenvalue weighted by atomic mass is 9.84. The number of halogens is 1. The highest BCUT2D eigenvalue weighted by molar-refractivity contribution is 5.27. The lowest BCUT2D eigenvalue weighted by Crippen LogP contribution is -2.38. The van der Waals surface area contributed by atoms with Gasteiger partial charge >= 0.3 is 0 Å². The molecule has 0 spiro atoms. The highest BCUT2D eigenvalue weighted by atomic mass is 19.1. The van der Waals surface area contributed by atoms with Crippen LogP contribution in [0.5, 0.6) is 0 Å². The van der Waals surface area contributed by atoms with Gasteiger partial charge < -0.3 is 5.73 Å². The monoisotopic (exact) mass is 264 g/mol. The molecule has 1 saturated carbocycles. The third-order valence-electron chi connectivity index (χ3n) is 4.35. The summed E-state index contributed by atoms with van der Waals surface area (Å²) in [6.07, 6.45) is 4.05. The fourth-order valence-electron chi connectivity index (χ4n) is 2.85. The average molecular weight is 264 g/mol. The van der Waals surface area contributed by atoms with Gasteiger partial charge in [-0.1, -0.05) is 25.5 Å². The van der Waals surface area contributed by atoms with E-state index in [4.69, 9.17) is 5.73 Å². The molecule has 1 fully saturated rings. The summed E-state index contributed by atoms with van der Waals surface area (Å²) in [4.78, 5) is 2.44. The quantitative estimate of drug-likeness (QED) is 0.854. The Morgan fingerprint density at radius 2 is 2.16 bits per heavy atom. The summed E-state index contributed by atoms with van der Waals surface area (Å²) in [5.41, 5.74) is 7.81. The van der Waals surface area contributed by atoms with E-state index in [0.29, 0.717) is 12.1 Å². The molecule has 1 aromatic carbocycles. The molecule has 2 N–H and O–H groups in total. The smallest absolute Gasteiger partial charge is 0.126 e. The topological polar surface area (TPSA) is 29.3 Å². The van der Waals surface area contributed by atoms with Crippen LogP contribution >= 0.6 is 0 Å². The van der Waals surface area contributed by atoms with Crippen molar-refractivity contribution in [1.29, 1.82) is 0 Å². The molecule has 0 amide bonds. The molecule has 0 aromatic heterocycles. The number of hydrogen-bond donors (Lipinski definition) is 1. The Balaban J connectivity index is 2.13. The van der Waals surface area contributed by atoms with Crippen LogP contribution in [0.25, 0.3) is 0 Å². The normalized spacial score (nSPS) is 17.5. The Labute approximate surface area is 115 Å². The molecule has 1 unspecified atom stereocenters. The molecule has 19 heavy (non-hydrogen) atoms. The van der Waals surface area contributed by atoms with Crippen LogP contribution in [0.1, 0.15) is 43.4 Å².